The molecule has 134 valence electrons. The molecule has 3 nitrogen and oxygen atoms in total. The zero-order valence-corrected chi connectivity index (χ0v) is 15.3. The van der Waals surface area contributed by atoms with E-state index >= 15 is 0 Å². The minimum atomic E-state index is -0.344. The summed E-state index contributed by atoms with van der Waals surface area (Å²) in [7, 11) is 0. The Hall–Kier alpha value is -0.860. The second-order valence-electron chi connectivity index (χ2n) is 7.35. The van der Waals surface area contributed by atoms with Gasteiger partial charge < -0.3 is 4.74 Å². The van der Waals surface area contributed by atoms with E-state index in [1.54, 1.807) is 0 Å². The van der Waals surface area contributed by atoms with Crippen LogP contribution >= 0.6 is 0 Å². The van der Waals surface area contributed by atoms with Crippen molar-refractivity contribution < 1.29 is 14.3 Å². The SMILES string of the molecule is CCCCC(C)CCCCCCCCCCC1CC(=O)OC1=O. The Morgan fingerprint density at radius 3 is 2.04 bits per heavy atom. The largest absolute Gasteiger partial charge is 0.393 e. The molecule has 0 aromatic heterocycles. The first-order valence-electron chi connectivity index (χ1n) is 9.88. The summed E-state index contributed by atoms with van der Waals surface area (Å²) >= 11 is 0. The number of ether oxygens (including phenoxy) is 1. The number of carbonyl (C=O) groups excluding carboxylic acids is 2. The lowest BCUT2D eigenvalue weighted by Crippen LogP contribution is -2.06. The summed E-state index contributed by atoms with van der Waals surface area (Å²) in [5.41, 5.74) is 0. The Morgan fingerprint density at radius 2 is 1.48 bits per heavy atom. The van der Waals surface area contributed by atoms with Crippen LogP contribution in [-0.4, -0.2) is 11.9 Å². The summed E-state index contributed by atoms with van der Waals surface area (Å²) in [4.78, 5) is 22.3. The number of unbranched alkanes of at least 4 members (excludes halogenated alkanes) is 8. The van der Waals surface area contributed by atoms with E-state index in [0.717, 1.165) is 18.8 Å². The van der Waals surface area contributed by atoms with Crippen molar-refractivity contribution in [2.75, 3.05) is 0 Å². The van der Waals surface area contributed by atoms with Crippen molar-refractivity contribution in [2.45, 2.75) is 104 Å². The van der Waals surface area contributed by atoms with Gasteiger partial charge >= 0.3 is 11.9 Å². The van der Waals surface area contributed by atoms with Crippen LogP contribution in [0.1, 0.15) is 104 Å². The van der Waals surface area contributed by atoms with E-state index in [0.29, 0.717) is 6.42 Å². The van der Waals surface area contributed by atoms with Gasteiger partial charge in [0.25, 0.3) is 0 Å². The third kappa shape index (κ3) is 9.78. The average molecular weight is 325 g/mol. The molecule has 0 bridgehead atoms. The molecule has 0 saturated carbocycles. The molecule has 0 aromatic rings. The van der Waals surface area contributed by atoms with E-state index in [1.807, 2.05) is 0 Å². The van der Waals surface area contributed by atoms with Crippen molar-refractivity contribution in [1.29, 1.82) is 0 Å². The molecule has 1 saturated heterocycles. The molecule has 0 aromatic carbocycles. The smallest absolute Gasteiger partial charge is 0.317 e. The van der Waals surface area contributed by atoms with Gasteiger partial charge in [-0.25, -0.2) is 0 Å². The minimum absolute atomic E-state index is 0.155. The minimum Gasteiger partial charge on any atom is -0.393 e. The quantitative estimate of drug-likeness (QED) is 0.230. The lowest BCUT2D eigenvalue weighted by molar-refractivity contribution is -0.153. The van der Waals surface area contributed by atoms with Gasteiger partial charge in [-0.2, -0.15) is 0 Å². The van der Waals surface area contributed by atoms with Gasteiger partial charge in [-0.1, -0.05) is 90.9 Å². The molecule has 23 heavy (non-hydrogen) atoms. The maximum absolute atomic E-state index is 11.3. The Kier molecular flexibility index (Phi) is 11.0. The molecule has 0 aliphatic carbocycles. The molecule has 2 atom stereocenters. The highest BCUT2D eigenvalue weighted by molar-refractivity contribution is 5.94. The first kappa shape index (κ1) is 20.2. The second kappa shape index (κ2) is 12.5. The number of rotatable bonds is 14. The van der Waals surface area contributed by atoms with Crippen molar-refractivity contribution >= 4 is 11.9 Å². The third-order valence-electron chi connectivity index (χ3n) is 5.01. The Bertz CT molecular complexity index is 338. The lowest BCUT2D eigenvalue weighted by Gasteiger charge is -2.10. The molecule has 2 unspecified atom stereocenters. The van der Waals surface area contributed by atoms with Crippen molar-refractivity contribution in [3.8, 4) is 0 Å². The molecule has 1 rings (SSSR count). The molecule has 0 N–H and O–H groups in total. The highest BCUT2D eigenvalue weighted by Gasteiger charge is 2.32. The van der Waals surface area contributed by atoms with E-state index in [9.17, 15) is 9.59 Å². The predicted octanol–water partition coefficient (Wildman–Crippen LogP) is 5.80. The Balaban J connectivity index is 1.81. The van der Waals surface area contributed by atoms with Crippen LogP contribution in [0.4, 0.5) is 0 Å². The summed E-state index contributed by atoms with van der Waals surface area (Å²) in [5, 5.41) is 0. The molecule has 1 aliphatic heterocycles. The van der Waals surface area contributed by atoms with Crippen LogP contribution in [0.25, 0.3) is 0 Å². The van der Waals surface area contributed by atoms with Gasteiger partial charge in [0, 0.05) is 0 Å². The molecule has 3 heteroatoms. The van der Waals surface area contributed by atoms with Crippen LogP contribution < -0.4 is 0 Å². The van der Waals surface area contributed by atoms with Crippen molar-refractivity contribution in [2.24, 2.45) is 11.8 Å². The molecule has 1 heterocycles. The van der Waals surface area contributed by atoms with Gasteiger partial charge in [0.1, 0.15) is 0 Å². The average Bonchev–Trinajstić information content (AvgIpc) is 2.84. The summed E-state index contributed by atoms with van der Waals surface area (Å²) in [6, 6.07) is 0. The van der Waals surface area contributed by atoms with Gasteiger partial charge in [0.2, 0.25) is 0 Å². The normalized spacial score (nSPS) is 19.1. The molecular weight excluding hydrogens is 288 g/mol. The van der Waals surface area contributed by atoms with E-state index in [1.165, 1.54) is 70.6 Å². The topological polar surface area (TPSA) is 43.4 Å². The van der Waals surface area contributed by atoms with E-state index < -0.39 is 0 Å². The fourth-order valence-corrected chi connectivity index (χ4v) is 3.38. The number of hydrogen-bond donors (Lipinski definition) is 0. The van der Waals surface area contributed by atoms with Gasteiger partial charge in [-0.05, 0) is 12.3 Å². The van der Waals surface area contributed by atoms with Crippen molar-refractivity contribution in [3.05, 3.63) is 0 Å². The third-order valence-corrected chi connectivity index (χ3v) is 5.01. The maximum Gasteiger partial charge on any atom is 0.317 e. The number of esters is 2. The zero-order valence-electron chi connectivity index (χ0n) is 15.3. The molecular formula is C20H36O3. The standard InChI is InChI=1S/C20H36O3/c1-3-4-13-17(2)14-11-9-7-5-6-8-10-12-15-18-16-19(21)23-20(18)22/h17-18H,3-16H2,1-2H3. The highest BCUT2D eigenvalue weighted by Crippen LogP contribution is 2.22. The molecule has 1 aliphatic rings. The molecule has 0 amide bonds. The monoisotopic (exact) mass is 324 g/mol. The molecule has 0 spiro atoms. The fourth-order valence-electron chi connectivity index (χ4n) is 3.38. The maximum atomic E-state index is 11.3. The van der Waals surface area contributed by atoms with Crippen molar-refractivity contribution in [1.82, 2.24) is 0 Å². The van der Waals surface area contributed by atoms with Crippen LogP contribution in [0, 0.1) is 11.8 Å². The summed E-state index contributed by atoms with van der Waals surface area (Å²) in [6.45, 7) is 4.66. The van der Waals surface area contributed by atoms with Gasteiger partial charge in [0.15, 0.2) is 0 Å². The van der Waals surface area contributed by atoms with Crippen LogP contribution in [0.15, 0.2) is 0 Å². The molecule has 0 radical (unpaired) electrons. The van der Waals surface area contributed by atoms with Gasteiger partial charge in [-0.3, -0.25) is 9.59 Å². The van der Waals surface area contributed by atoms with E-state index in [-0.39, 0.29) is 17.9 Å². The summed E-state index contributed by atoms with van der Waals surface area (Å²) in [6.07, 6.45) is 16.9. The van der Waals surface area contributed by atoms with Crippen LogP contribution in [0.5, 0.6) is 0 Å². The van der Waals surface area contributed by atoms with Crippen LogP contribution in [0.3, 0.4) is 0 Å². The molecule has 1 fully saturated rings. The van der Waals surface area contributed by atoms with E-state index in [4.69, 9.17) is 0 Å². The van der Waals surface area contributed by atoms with Crippen molar-refractivity contribution in [3.63, 3.8) is 0 Å². The Labute approximate surface area is 142 Å². The van der Waals surface area contributed by atoms with Crippen LogP contribution in [-0.2, 0) is 14.3 Å². The predicted molar refractivity (Wildman–Crippen MR) is 94.1 cm³/mol. The first-order chi connectivity index (χ1) is 11.1. The number of carbonyl (C=O) groups is 2. The number of hydrogen-bond acceptors (Lipinski definition) is 3. The first-order valence-corrected chi connectivity index (χ1v) is 9.88. The van der Waals surface area contributed by atoms with Gasteiger partial charge in [0.05, 0.1) is 12.3 Å². The Morgan fingerprint density at radius 1 is 0.913 bits per heavy atom. The lowest BCUT2D eigenvalue weighted by atomic mass is 9.96. The number of cyclic esters (lactones) is 2. The zero-order chi connectivity index (χ0) is 16.9. The van der Waals surface area contributed by atoms with E-state index in [2.05, 4.69) is 18.6 Å². The second-order valence-corrected chi connectivity index (χ2v) is 7.35. The highest BCUT2D eigenvalue weighted by atomic mass is 16.6. The summed E-state index contributed by atoms with van der Waals surface area (Å²) in [5.74, 6) is 0.105. The van der Waals surface area contributed by atoms with Crippen LogP contribution in [0.2, 0.25) is 0 Å². The summed E-state index contributed by atoms with van der Waals surface area (Å²) < 4.78 is 4.57. The fraction of sp³-hybridized carbons (Fsp3) is 0.900. The van der Waals surface area contributed by atoms with Gasteiger partial charge in [-0.15, -0.1) is 0 Å².